The lowest BCUT2D eigenvalue weighted by atomic mass is 10.00. The van der Waals surface area contributed by atoms with Crippen LogP contribution in [0.15, 0.2) is 30.3 Å². The van der Waals surface area contributed by atoms with E-state index in [2.05, 4.69) is 0 Å². The van der Waals surface area contributed by atoms with Gasteiger partial charge in [-0.25, -0.2) is 4.39 Å². The maximum Gasteiger partial charge on any atom is 0.131 e. The van der Waals surface area contributed by atoms with Crippen molar-refractivity contribution in [1.82, 2.24) is 0 Å². The first-order valence-corrected chi connectivity index (χ1v) is 6.98. The molecule has 2 aromatic carbocycles. The van der Waals surface area contributed by atoms with Crippen molar-refractivity contribution in [2.75, 3.05) is 6.54 Å². The van der Waals surface area contributed by atoms with E-state index in [1.54, 1.807) is 18.2 Å². The van der Waals surface area contributed by atoms with Gasteiger partial charge < -0.3 is 10.5 Å². The molecule has 1 atom stereocenters. The molecule has 0 saturated carbocycles. The summed E-state index contributed by atoms with van der Waals surface area (Å²) in [5.41, 5.74) is 7.78. The van der Waals surface area contributed by atoms with Gasteiger partial charge in [0.05, 0.1) is 5.02 Å². The largest absolute Gasteiger partial charge is 0.488 e. The predicted octanol–water partition coefficient (Wildman–Crippen LogP) is 4.06. The van der Waals surface area contributed by atoms with Crippen LogP contribution in [0.25, 0.3) is 11.1 Å². The zero-order valence-corrected chi connectivity index (χ0v) is 12.0. The van der Waals surface area contributed by atoms with Gasteiger partial charge >= 0.3 is 0 Å². The van der Waals surface area contributed by atoms with E-state index < -0.39 is 0 Å². The van der Waals surface area contributed by atoms with Crippen molar-refractivity contribution in [2.24, 2.45) is 5.73 Å². The number of fused-ring (bicyclic) bond motifs is 1. The van der Waals surface area contributed by atoms with Crippen molar-refractivity contribution in [3.63, 3.8) is 0 Å². The molecule has 0 fully saturated rings. The second kappa shape index (κ2) is 5.24. The van der Waals surface area contributed by atoms with E-state index in [1.807, 2.05) is 0 Å². The van der Waals surface area contributed by atoms with E-state index >= 15 is 0 Å². The molecule has 3 rings (SSSR count). The van der Waals surface area contributed by atoms with Gasteiger partial charge in [-0.15, -0.1) is 0 Å². The van der Waals surface area contributed by atoms with E-state index in [1.165, 1.54) is 12.1 Å². The van der Waals surface area contributed by atoms with Crippen molar-refractivity contribution in [3.05, 3.63) is 51.8 Å². The average Bonchev–Trinajstić information content (AvgIpc) is 2.81. The van der Waals surface area contributed by atoms with E-state index in [-0.39, 0.29) is 11.9 Å². The van der Waals surface area contributed by atoms with Gasteiger partial charge in [0.15, 0.2) is 0 Å². The second-order valence-electron chi connectivity index (χ2n) is 4.75. The molecule has 1 aliphatic rings. The molecule has 0 radical (unpaired) electrons. The fraction of sp³-hybridized carbons (Fsp3) is 0.200. The normalized spacial score (nSPS) is 16.9. The van der Waals surface area contributed by atoms with Gasteiger partial charge in [-0.2, -0.15) is 0 Å². The maximum absolute atomic E-state index is 13.8. The minimum absolute atomic E-state index is 0.114. The van der Waals surface area contributed by atoms with Gasteiger partial charge in [-0.3, -0.25) is 0 Å². The highest BCUT2D eigenvalue weighted by atomic mass is 35.5. The van der Waals surface area contributed by atoms with Gasteiger partial charge in [0, 0.05) is 34.7 Å². The molecule has 1 aliphatic heterocycles. The van der Waals surface area contributed by atoms with Crippen molar-refractivity contribution in [1.29, 1.82) is 0 Å². The molecule has 0 amide bonds. The maximum atomic E-state index is 13.8. The topological polar surface area (TPSA) is 35.2 Å². The first kappa shape index (κ1) is 13.7. The van der Waals surface area contributed by atoms with Gasteiger partial charge in [0.2, 0.25) is 0 Å². The Hall–Kier alpha value is -1.29. The Morgan fingerprint density at radius 3 is 2.70 bits per heavy atom. The van der Waals surface area contributed by atoms with Crippen molar-refractivity contribution in [2.45, 2.75) is 12.5 Å². The Balaban J connectivity index is 2.15. The molecule has 0 aliphatic carbocycles. The molecule has 0 bridgehead atoms. The van der Waals surface area contributed by atoms with E-state index in [0.717, 1.165) is 5.56 Å². The predicted molar refractivity (Wildman–Crippen MR) is 79.0 cm³/mol. The number of hydrogen-bond acceptors (Lipinski definition) is 2. The molecule has 0 spiro atoms. The summed E-state index contributed by atoms with van der Waals surface area (Å²) >= 11 is 12.1. The van der Waals surface area contributed by atoms with E-state index in [9.17, 15) is 4.39 Å². The van der Waals surface area contributed by atoms with Crippen LogP contribution in [0.3, 0.4) is 0 Å². The van der Waals surface area contributed by atoms with Gasteiger partial charge in [-0.1, -0.05) is 29.3 Å². The van der Waals surface area contributed by atoms with Crippen LogP contribution in [0.4, 0.5) is 4.39 Å². The summed E-state index contributed by atoms with van der Waals surface area (Å²) in [5.74, 6) is 0.345. The molecule has 0 saturated heterocycles. The molecular formula is C15H12Cl2FNO. The molecule has 0 unspecified atom stereocenters. The highest BCUT2D eigenvalue weighted by Crippen LogP contribution is 2.42. The summed E-state index contributed by atoms with van der Waals surface area (Å²) in [4.78, 5) is 0. The third kappa shape index (κ3) is 2.37. The molecule has 0 aromatic heterocycles. The molecule has 20 heavy (non-hydrogen) atoms. The Morgan fingerprint density at radius 2 is 2.00 bits per heavy atom. The first-order chi connectivity index (χ1) is 9.58. The minimum atomic E-state index is -0.314. The van der Waals surface area contributed by atoms with Crippen molar-refractivity contribution in [3.8, 4) is 16.9 Å². The van der Waals surface area contributed by atoms with Crippen LogP contribution in [0.1, 0.15) is 5.56 Å². The van der Waals surface area contributed by atoms with E-state index in [0.29, 0.717) is 39.9 Å². The summed E-state index contributed by atoms with van der Waals surface area (Å²) in [7, 11) is 0. The average molecular weight is 312 g/mol. The molecule has 2 N–H and O–H groups in total. The van der Waals surface area contributed by atoms with Crippen LogP contribution in [0.2, 0.25) is 10.0 Å². The number of halogens is 3. The second-order valence-corrected chi connectivity index (χ2v) is 5.59. The van der Waals surface area contributed by atoms with Gasteiger partial charge in [-0.05, 0) is 24.3 Å². The summed E-state index contributed by atoms with van der Waals surface area (Å²) in [6.07, 6.45) is 0.499. The minimum Gasteiger partial charge on any atom is -0.488 e. The molecule has 2 aromatic rings. The Labute approximate surface area is 126 Å². The quantitative estimate of drug-likeness (QED) is 0.907. The van der Waals surface area contributed by atoms with Gasteiger partial charge in [0.25, 0.3) is 0 Å². The number of hydrogen-bond donors (Lipinski definition) is 1. The van der Waals surface area contributed by atoms with Crippen molar-refractivity contribution < 1.29 is 9.13 Å². The summed E-state index contributed by atoms with van der Waals surface area (Å²) in [6.45, 7) is 0.393. The highest BCUT2D eigenvalue weighted by molar-refractivity contribution is 6.36. The Kier molecular flexibility index (Phi) is 3.59. The lowest BCUT2D eigenvalue weighted by Gasteiger charge is -2.12. The molecule has 5 heteroatoms. The molecule has 2 nitrogen and oxygen atoms in total. The monoisotopic (exact) mass is 311 g/mol. The number of ether oxygens (including phenoxy) is 1. The van der Waals surface area contributed by atoms with E-state index in [4.69, 9.17) is 33.7 Å². The lowest BCUT2D eigenvalue weighted by Crippen LogP contribution is -2.24. The number of rotatable bonds is 2. The first-order valence-electron chi connectivity index (χ1n) is 6.23. The molecular weight excluding hydrogens is 300 g/mol. The van der Waals surface area contributed by atoms with Gasteiger partial charge in [0.1, 0.15) is 17.7 Å². The van der Waals surface area contributed by atoms with Crippen LogP contribution in [-0.2, 0) is 6.42 Å². The molecule has 104 valence electrons. The fourth-order valence-corrected chi connectivity index (χ4v) is 2.94. The zero-order chi connectivity index (χ0) is 14.3. The highest BCUT2D eigenvalue weighted by Gasteiger charge is 2.26. The summed E-state index contributed by atoms with van der Waals surface area (Å²) in [6, 6.07) is 8.02. The van der Waals surface area contributed by atoms with Crippen LogP contribution in [0, 0.1) is 5.82 Å². The zero-order valence-electron chi connectivity index (χ0n) is 10.5. The third-order valence-electron chi connectivity index (χ3n) is 3.35. The number of benzene rings is 2. The SMILES string of the molecule is NC[C@@H]1Cc2cc(F)cc(-c3ccc(Cl)cc3Cl)c2O1. The van der Waals surface area contributed by atoms with Crippen LogP contribution >= 0.6 is 23.2 Å². The Morgan fingerprint density at radius 1 is 1.20 bits per heavy atom. The smallest absolute Gasteiger partial charge is 0.131 e. The lowest BCUT2D eigenvalue weighted by molar-refractivity contribution is 0.242. The van der Waals surface area contributed by atoms with Crippen LogP contribution < -0.4 is 10.5 Å². The number of nitrogens with two attached hydrogens (primary N) is 1. The van der Waals surface area contributed by atoms with Crippen LogP contribution in [0.5, 0.6) is 5.75 Å². The fourth-order valence-electron chi connectivity index (χ4n) is 2.43. The molecule has 1 heterocycles. The van der Waals surface area contributed by atoms with Crippen molar-refractivity contribution >= 4 is 23.2 Å². The summed E-state index contributed by atoms with van der Waals surface area (Å²) < 4.78 is 19.6. The Bertz CT molecular complexity index is 675. The third-order valence-corrected chi connectivity index (χ3v) is 3.89. The summed E-state index contributed by atoms with van der Waals surface area (Å²) in [5, 5.41) is 0.998. The van der Waals surface area contributed by atoms with Crippen LogP contribution in [-0.4, -0.2) is 12.6 Å². The standard InChI is InChI=1S/C15H12Cl2FNO/c16-9-1-2-12(14(17)5-9)13-6-10(18)3-8-4-11(7-19)20-15(8)13/h1-3,5-6,11H,4,7,19H2/t11-/m0/s1.